The summed E-state index contributed by atoms with van der Waals surface area (Å²) >= 11 is 0. The molecule has 0 fully saturated rings. The second-order valence-electron chi connectivity index (χ2n) is 4.82. The van der Waals surface area contributed by atoms with Gasteiger partial charge in [-0.2, -0.15) is 0 Å². The second kappa shape index (κ2) is 5.45. The van der Waals surface area contributed by atoms with E-state index in [9.17, 15) is 9.90 Å². The quantitative estimate of drug-likeness (QED) is 0.932. The van der Waals surface area contributed by atoms with Gasteiger partial charge in [-0.15, -0.1) is 0 Å². The number of aromatic nitrogens is 1. The molecule has 1 heterocycles. The Labute approximate surface area is 117 Å². The normalized spacial score (nSPS) is 11.1. The molecule has 5 nitrogen and oxygen atoms in total. The number of nitrogens with zero attached hydrogens (tertiary/aromatic N) is 1. The maximum atomic E-state index is 12.0. The van der Waals surface area contributed by atoms with Crippen LogP contribution in [0.25, 0.3) is 10.9 Å². The van der Waals surface area contributed by atoms with E-state index < -0.39 is 5.56 Å². The molecular weight excluding hydrogens is 258 g/mol. The number of aryl methyl sites for hydroxylation is 1. The lowest BCUT2D eigenvalue weighted by atomic mass is 10.1. The standard InChI is InChI=1S/C15H19NO4/c1-5-19-14-11-7-6-10(20-9(2)3)8-12(11)16(4)15(18)13(14)17/h6-9,17H,5H2,1-4H3. The predicted molar refractivity (Wildman–Crippen MR) is 77.8 cm³/mol. The van der Waals surface area contributed by atoms with Gasteiger partial charge in [-0.1, -0.05) is 0 Å². The highest BCUT2D eigenvalue weighted by molar-refractivity contribution is 5.88. The van der Waals surface area contributed by atoms with Gasteiger partial charge in [0.2, 0.25) is 5.75 Å². The molecule has 1 aromatic heterocycles. The average molecular weight is 277 g/mol. The molecule has 0 amide bonds. The van der Waals surface area contributed by atoms with E-state index in [1.54, 1.807) is 32.2 Å². The van der Waals surface area contributed by atoms with E-state index in [-0.39, 0.29) is 17.6 Å². The Hall–Kier alpha value is -2.17. The van der Waals surface area contributed by atoms with Crippen molar-refractivity contribution in [3.63, 3.8) is 0 Å². The molecule has 2 rings (SSSR count). The van der Waals surface area contributed by atoms with Gasteiger partial charge in [0.25, 0.3) is 5.56 Å². The Kier molecular flexibility index (Phi) is 3.88. The first-order valence-corrected chi connectivity index (χ1v) is 6.60. The number of benzene rings is 1. The summed E-state index contributed by atoms with van der Waals surface area (Å²) in [4.78, 5) is 12.0. The SMILES string of the molecule is CCOc1c(O)c(=O)n(C)c2cc(OC(C)C)ccc12. The van der Waals surface area contributed by atoms with Gasteiger partial charge in [-0.05, 0) is 32.9 Å². The molecule has 0 unspecified atom stereocenters. The van der Waals surface area contributed by atoms with Crippen molar-refractivity contribution >= 4 is 10.9 Å². The summed E-state index contributed by atoms with van der Waals surface area (Å²) in [7, 11) is 1.61. The van der Waals surface area contributed by atoms with Crippen LogP contribution >= 0.6 is 0 Å². The summed E-state index contributed by atoms with van der Waals surface area (Å²) in [6.45, 7) is 6.05. The lowest BCUT2D eigenvalue weighted by Gasteiger charge is -2.15. The van der Waals surface area contributed by atoms with Gasteiger partial charge in [0, 0.05) is 18.5 Å². The van der Waals surface area contributed by atoms with Gasteiger partial charge < -0.3 is 19.1 Å². The van der Waals surface area contributed by atoms with Crippen LogP contribution in [0.4, 0.5) is 0 Å². The molecule has 5 heteroatoms. The van der Waals surface area contributed by atoms with Crippen LogP contribution in [0.5, 0.6) is 17.2 Å². The highest BCUT2D eigenvalue weighted by Crippen LogP contribution is 2.33. The van der Waals surface area contributed by atoms with E-state index in [2.05, 4.69) is 0 Å². The van der Waals surface area contributed by atoms with E-state index >= 15 is 0 Å². The van der Waals surface area contributed by atoms with E-state index in [1.165, 1.54) is 4.57 Å². The van der Waals surface area contributed by atoms with Crippen molar-refractivity contribution in [2.75, 3.05) is 6.61 Å². The molecule has 0 aliphatic heterocycles. The van der Waals surface area contributed by atoms with Gasteiger partial charge in [-0.3, -0.25) is 4.79 Å². The first-order valence-electron chi connectivity index (χ1n) is 6.60. The molecule has 2 aromatic rings. The van der Waals surface area contributed by atoms with Crippen molar-refractivity contribution in [2.24, 2.45) is 7.05 Å². The number of aromatic hydroxyl groups is 1. The molecule has 0 aliphatic carbocycles. The molecule has 0 radical (unpaired) electrons. The Morgan fingerprint density at radius 3 is 2.65 bits per heavy atom. The van der Waals surface area contributed by atoms with E-state index in [0.29, 0.717) is 23.3 Å². The van der Waals surface area contributed by atoms with Gasteiger partial charge >= 0.3 is 0 Å². The van der Waals surface area contributed by atoms with Crippen molar-refractivity contribution in [1.29, 1.82) is 0 Å². The van der Waals surface area contributed by atoms with Crippen LogP contribution in [0.1, 0.15) is 20.8 Å². The molecule has 0 atom stereocenters. The molecule has 0 aliphatic rings. The maximum Gasteiger partial charge on any atom is 0.296 e. The number of fused-ring (bicyclic) bond motifs is 1. The summed E-state index contributed by atoms with van der Waals surface area (Å²) in [5.74, 6) is 0.539. The molecule has 1 aromatic carbocycles. The fourth-order valence-electron chi connectivity index (χ4n) is 2.11. The largest absolute Gasteiger partial charge is 0.500 e. The van der Waals surface area contributed by atoms with E-state index in [4.69, 9.17) is 9.47 Å². The molecule has 0 saturated heterocycles. The zero-order valence-electron chi connectivity index (χ0n) is 12.1. The molecule has 20 heavy (non-hydrogen) atoms. The van der Waals surface area contributed by atoms with Crippen LogP contribution in [-0.2, 0) is 7.05 Å². The Morgan fingerprint density at radius 1 is 1.35 bits per heavy atom. The third kappa shape index (κ3) is 2.43. The molecule has 0 spiro atoms. The summed E-state index contributed by atoms with van der Waals surface area (Å²) in [5.41, 5.74) is 0.178. The van der Waals surface area contributed by atoms with Gasteiger partial charge in [0.15, 0.2) is 5.75 Å². The summed E-state index contributed by atoms with van der Waals surface area (Å²) < 4.78 is 12.4. The van der Waals surface area contributed by atoms with Crippen LogP contribution in [0.3, 0.4) is 0 Å². The monoisotopic (exact) mass is 277 g/mol. The fourth-order valence-corrected chi connectivity index (χ4v) is 2.11. The number of rotatable bonds is 4. The zero-order valence-corrected chi connectivity index (χ0v) is 12.1. The molecular formula is C15H19NO4. The highest BCUT2D eigenvalue weighted by Gasteiger charge is 2.16. The Bertz CT molecular complexity index is 688. The number of ether oxygens (including phenoxy) is 2. The fraction of sp³-hybridized carbons (Fsp3) is 0.400. The first-order chi connectivity index (χ1) is 9.45. The van der Waals surface area contributed by atoms with Crippen LogP contribution in [0.2, 0.25) is 0 Å². The smallest absolute Gasteiger partial charge is 0.296 e. The summed E-state index contributed by atoms with van der Waals surface area (Å²) in [6.07, 6.45) is 0.0490. The average Bonchev–Trinajstić information content (AvgIpc) is 2.41. The Morgan fingerprint density at radius 2 is 2.05 bits per heavy atom. The third-order valence-corrected chi connectivity index (χ3v) is 2.96. The minimum Gasteiger partial charge on any atom is -0.500 e. The van der Waals surface area contributed by atoms with E-state index in [0.717, 1.165) is 0 Å². The van der Waals surface area contributed by atoms with Crippen molar-refractivity contribution in [1.82, 2.24) is 4.57 Å². The minimum absolute atomic E-state index is 0.0490. The van der Waals surface area contributed by atoms with Gasteiger partial charge in [-0.25, -0.2) is 0 Å². The van der Waals surface area contributed by atoms with Crippen LogP contribution < -0.4 is 15.0 Å². The number of hydrogen-bond acceptors (Lipinski definition) is 4. The highest BCUT2D eigenvalue weighted by atomic mass is 16.5. The topological polar surface area (TPSA) is 60.7 Å². The molecule has 0 saturated carbocycles. The second-order valence-corrected chi connectivity index (χ2v) is 4.82. The molecule has 0 bridgehead atoms. The first kappa shape index (κ1) is 14.2. The lowest BCUT2D eigenvalue weighted by molar-refractivity contribution is 0.242. The van der Waals surface area contributed by atoms with E-state index in [1.807, 2.05) is 13.8 Å². The van der Waals surface area contributed by atoms with Crippen molar-refractivity contribution in [2.45, 2.75) is 26.9 Å². The Balaban J connectivity index is 2.72. The van der Waals surface area contributed by atoms with Crippen molar-refractivity contribution in [3.8, 4) is 17.2 Å². The molecule has 108 valence electrons. The van der Waals surface area contributed by atoms with Gasteiger partial charge in [0.1, 0.15) is 5.75 Å². The molecule has 1 N–H and O–H groups in total. The minimum atomic E-state index is -0.484. The lowest BCUT2D eigenvalue weighted by Crippen LogP contribution is -2.18. The summed E-state index contributed by atoms with van der Waals surface area (Å²) in [6, 6.07) is 5.37. The van der Waals surface area contributed by atoms with Crippen LogP contribution in [-0.4, -0.2) is 22.4 Å². The summed E-state index contributed by atoms with van der Waals surface area (Å²) in [5, 5.41) is 10.6. The number of hydrogen-bond donors (Lipinski definition) is 1. The van der Waals surface area contributed by atoms with Crippen LogP contribution in [0.15, 0.2) is 23.0 Å². The zero-order chi connectivity index (χ0) is 14.9. The van der Waals surface area contributed by atoms with Crippen molar-refractivity contribution < 1.29 is 14.6 Å². The third-order valence-electron chi connectivity index (χ3n) is 2.96. The van der Waals surface area contributed by atoms with Crippen molar-refractivity contribution in [3.05, 3.63) is 28.6 Å². The van der Waals surface area contributed by atoms with Crippen LogP contribution in [0, 0.1) is 0 Å². The maximum absolute atomic E-state index is 12.0. The number of pyridine rings is 1. The van der Waals surface area contributed by atoms with Gasteiger partial charge in [0.05, 0.1) is 18.2 Å². The predicted octanol–water partition coefficient (Wildman–Crippen LogP) is 2.43.